The average molecular weight is 481 g/mol. The van der Waals surface area contributed by atoms with Crippen LogP contribution in [0.4, 0.5) is 0 Å². The van der Waals surface area contributed by atoms with Crippen molar-refractivity contribution < 1.29 is 9.47 Å². The Hall–Kier alpha value is -0.160. The molecule has 3 aliphatic rings. The molecule has 3 heterocycles. The SMILES string of the molecule is CCNC(=NCCN1CCOCC1C)N1CCC(N2CCOCC2)C1.I. The van der Waals surface area contributed by atoms with Gasteiger partial charge in [0.1, 0.15) is 0 Å². The maximum absolute atomic E-state index is 5.52. The molecule has 0 aromatic heterocycles. The number of aliphatic imine (C=N–C) groups is 1. The van der Waals surface area contributed by atoms with E-state index >= 15 is 0 Å². The minimum Gasteiger partial charge on any atom is -0.379 e. The van der Waals surface area contributed by atoms with E-state index in [9.17, 15) is 0 Å². The van der Waals surface area contributed by atoms with Crippen LogP contribution in [0.25, 0.3) is 0 Å². The number of rotatable bonds is 5. The highest BCUT2D eigenvalue weighted by atomic mass is 127. The number of hydrogen-bond donors (Lipinski definition) is 1. The smallest absolute Gasteiger partial charge is 0.194 e. The number of hydrogen-bond acceptors (Lipinski definition) is 5. The second kappa shape index (κ2) is 11.6. The van der Waals surface area contributed by atoms with E-state index in [0.29, 0.717) is 12.1 Å². The summed E-state index contributed by atoms with van der Waals surface area (Å²) in [4.78, 5) is 12.4. The topological polar surface area (TPSA) is 52.6 Å². The van der Waals surface area contributed by atoms with Crippen LogP contribution in [0.1, 0.15) is 20.3 Å². The summed E-state index contributed by atoms with van der Waals surface area (Å²) in [5.74, 6) is 1.08. The lowest BCUT2D eigenvalue weighted by Crippen LogP contribution is -2.47. The van der Waals surface area contributed by atoms with E-state index in [4.69, 9.17) is 14.5 Å². The van der Waals surface area contributed by atoms with Crippen molar-refractivity contribution in [2.45, 2.75) is 32.4 Å². The van der Waals surface area contributed by atoms with Crippen molar-refractivity contribution in [3.63, 3.8) is 0 Å². The number of likely N-dealkylation sites (tertiary alicyclic amines) is 1. The van der Waals surface area contributed by atoms with Crippen molar-refractivity contribution in [1.29, 1.82) is 0 Å². The number of guanidine groups is 1. The first-order valence-electron chi connectivity index (χ1n) is 9.94. The zero-order valence-electron chi connectivity index (χ0n) is 16.4. The molecule has 3 rings (SSSR count). The lowest BCUT2D eigenvalue weighted by atomic mass is 10.2. The molecule has 3 saturated heterocycles. The van der Waals surface area contributed by atoms with Crippen LogP contribution in [0.2, 0.25) is 0 Å². The van der Waals surface area contributed by atoms with Gasteiger partial charge < -0.3 is 19.7 Å². The Kier molecular flexibility index (Phi) is 9.90. The fraction of sp³-hybridized carbons (Fsp3) is 0.944. The summed E-state index contributed by atoms with van der Waals surface area (Å²) in [6.45, 7) is 16.0. The fourth-order valence-electron chi connectivity index (χ4n) is 3.98. The molecular formula is C18H36IN5O2. The molecule has 0 radical (unpaired) electrons. The molecule has 7 nitrogen and oxygen atoms in total. The largest absolute Gasteiger partial charge is 0.379 e. The van der Waals surface area contributed by atoms with Crippen molar-refractivity contribution in [1.82, 2.24) is 20.0 Å². The molecule has 26 heavy (non-hydrogen) atoms. The highest BCUT2D eigenvalue weighted by Gasteiger charge is 2.30. The van der Waals surface area contributed by atoms with Gasteiger partial charge in [-0.05, 0) is 20.3 Å². The van der Waals surface area contributed by atoms with Crippen molar-refractivity contribution in [2.75, 3.05) is 78.8 Å². The Morgan fingerprint density at radius 1 is 1.12 bits per heavy atom. The van der Waals surface area contributed by atoms with Gasteiger partial charge in [0.2, 0.25) is 0 Å². The first-order valence-corrected chi connectivity index (χ1v) is 9.94. The highest BCUT2D eigenvalue weighted by Crippen LogP contribution is 2.17. The van der Waals surface area contributed by atoms with Crippen molar-refractivity contribution >= 4 is 29.9 Å². The van der Waals surface area contributed by atoms with Gasteiger partial charge in [0.05, 0.1) is 33.0 Å². The zero-order valence-corrected chi connectivity index (χ0v) is 18.7. The molecule has 0 saturated carbocycles. The van der Waals surface area contributed by atoms with Crippen molar-refractivity contribution in [2.24, 2.45) is 4.99 Å². The second-order valence-electron chi connectivity index (χ2n) is 7.23. The summed E-state index contributed by atoms with van der Waals surface area (Å²) in [6.07, 6.45) is 1.23. The third-order valence-corrected chi connectivity index (χ3v) is 5.51. The molecule has 8 heteroatoms. The minimum absolute atomic E-state index is 0. The predicted molar refractivity (Wildman–Crippen MR) is 116 cm³/mol. The Bertz CT molecular complexity index is 434. The van der Waals surface area contributed by atoms with Gasteiger partial charge in [0.15, 0.2) is 5.96 Å². The standard InChI is InChI=1S/C18H35N5O2.HI/c1-3-19-18(20-5-7-21-8-13-25-15-16(21)2)23-6-4-17(14-23)22-9-11-24-12-10-22;/h16-17H,3-15H2,1-2H3,(H,19,20);1H. The van der Waals surface area contributed by atoms with Crippen LogP contribution >= 0.6 is 24.0 Å². The summed E-state index contributed by atoms with van der Waals surface area (Å²) in [7, 11) is 0. The first-order chi connectivity index (χ1) is 12.3. The van der Waals surface area contributed by atoms with E-state index < -0.39 is 0 Å². The molecule has 2 unspecified atom stereocenters. The Morgan fingerprint density at radius 3 is 2.62 bits per heavy atom. The molecule has 0 amide bonds. The zero-order chi connectivity index (χ0) is 17.5. The van der Waals surface area contributed by atoms with Crippen molar-refractivity contribution in [3.05, 3.63) is 0 Å². The van der Waals surface area contributed by atoms with Gasteiger partial charge in [-0.15, -0.1) is 24.0 Å². The van der Waals surface area contributed by atoms with Gasteiger partial charge in [-0.25, -0.2) is 0 Å². The number of nitrogens with one attached hydrogen (secondary N) is 1. The minimum atomic E-state index is 0. The molecule has 0 aromatic carbocycles. The summed E-state index contributed by atoms with van der Waals surface area (Å²) < 4.78 is 11.0. The van der Waals surface area contributed by atoms with Crippen LogP contribution in [0.15, 0.2) is 4.99 Å². The Morgan fingerprint density at radius 2 is 1.88 bits per heavy atom. The normalized spacial score (nSPS) is 28.8. The van der Waals surface area contributed by atoms with Crippen LogP contribution < -0.4 is 5.32 Å². The second-order valence-corrected chi connectivity index (χ2v) is 7.23. The average Bonchev–Trinajstić information content (AvgIpc) is 3.13. The van der Waals surface area contributed by atoms with Gasteiger partial charge in [-0.1, -0.05) is 0 Å². The van der Waals surface area contributed by atoms with Gasteiger partial charge in [-0.3, -0.25) is 14.8 Å². The van der Waals surface area contributed by atoms with Gasteiger partial charge >= 0.3 is 0 Å². The summed E-state index contributed by atoms with van der Waals surface area (Å²) in [6, 6.07) is 1.15. The van der Waals surface area contributed by atoms with E-state index in [0.717, 1.165) is 84.7 Å². The lowest BCUT2D eigenvalue weighted by Gasteiger charge is -2.33. The first kappa shape index (κ1) is 22.1. The third-order valence-electron chi connectivity index (χ3n) is 5.51. The Balaban J connectivity index is 0.00000243. The maximum Gasteiger partial charge on any atom is 0.194 e. The third kappa shape index (κ3) is 6.19. The summed E-state index contributed by atoms with van der Waals surface area (Å²) in [5, 5.41) is 3.49. The van der Waals surface area contributed by atoms with Gasteiger partial charge in [0, 0.05) is 57.9 Å². The van der Waals surface area contributed by atoms with Crippen LogP contribution in [0, 0.1) is 0 Å². The predicted octanol–water partition coefficient (Wildman–Crippen LogP) is 0.697. The van der Waals surface area contributed by atoms with Crippen LogP contribution in [0.3, 0.4) is 0 Å². The lowest BCUT2D eigenvalue weighted by molar-refractivity contribution is 0.00139. The van der Waals surface area contributed by atoms with Gasteiger partial charge in [0.25, 0.3) is 0 Å². The number of nitrogens with zero attached hydrogens (tertiary/aromatic N) is 4. The maximum atomic E-state index is 5.52. The molecule has 2 atom stereocenters. The van der Waals surface area contributed by atoms with E-state index in [-0.39, 0.29) is 24.0 Å². The molecule has 0 aromatic rings. The highest BCUT2D eigenvalue weighted by molar-refractivity contribution is 14.0. The molecule has 3 fully saturated rings. The van der Waals surface area contributed by atoms with Crippen molar-refractivity contribution in [3.8, 4) is 0 Å². The monoisotopic (exact) mass is 481 g/mol. The Labute approximate surface area is 175 Å². The van der Waals surface area contributed by atoms with Crippen LogP contribution in [-0.4, -0.2) is 112 Å². The molecule has 3 aliphatic heterocycles. The molecule has 1 N–H and O–H groups in total. The van der Waals surface area contributed by atoms with Crippen LogP contribution in [0.5, 0.6) is 0 Å². The number of morpholine rings is 2. The quantitative estimate of drug-likeness (QED) is 0.355. The van der Waals surface area contributed by atoms with E-state index in [1.165, 1.54) is 6.42 Å². The molecule has 0 bridgehead atoms. The van der Waals surface area contributed by atoms with Crippen LogP contribution in [-0.2, 0) is 9.47 Å². The fourth-order valence-corrected chi connectivity index (χ4v) is 3.98. The molecule has 152 valence electrons. The molecular weight excluding hydrogens is 445 g/mol. The van der Waals surface area contributed by atoms with E-state index in [1.807, 2.05) is 0 Å². The van der Waals surface area contributed by atoms with E-state index in [2.05, 4.69) is 33.9 Å². The van der Waals surface area contributed by atoms with E-state index in [1.54, 1.807) is 0 Å². The molecule has 0 aliphatic carbocycles. The number of ether oxygens (including phenoxy) is 2. The summed E-state index contributed by atoms with van der Waals surface area (Å²) in [5.41, 5.74) is 0. The molecule has 0 spiro atoms. The van der Waals surface area contributed by atoms with Gasteiger partial charge in [-0.2, -0.15) is 0 Å². The number of halogens is 1. The summed E-state index contributed by atoms with van der Waals surface area (Å²) >= 11 is 0.